The van der Waals surface area contributed by atoms with Crippen molar-refractivity contribution in [2.45, 2.75) is 30.6 Å². The molecular weight excluding hydrogens is 225 g/mol. The summed E-state index contributed by atoms with van der Waals surface area (Å²) >= 11 is 0. The Morgan fingerprint density at radius 1 is 1.38 bits per heavy atom. The van der Waals surface area contributed by atoms with Crippen molar-refractivity contribution in [3.05, 3.63) is 24.0 Å². The minimum Gasteiger partial charge on any atom is -0.398 e. The highest BCUT2D eigenvalue weighted by Crippen LogP contribution is 2.28. The molecule has 0 heterocycles. The van der Waals surface area contributed by atoms with Gasteiger partial charge < -0.3 is 5.73 Å². The molecule has 0 aromatic heterocycles. The maximum atomic E-state index is 12.8. The Bertz CT molecular complexity index is 402. The lowest BCUT2D eigenvalue weighted by Gasteiger charge is -2.10. The van der Waals surface area contributed by atoms with Gasteiger partial charge in [0.15, 0.2) is 0 Å². The Morgan fingerprint density at radius 2 is 2.06 bits per heavy atom. The Balaban J connectivity index is 2.08. The molecule has 1 aromatic carbocycles. The molecule has 88 valence electrons. The van der Waals surface area contributed by atoms with Crippen LogP contribution in [0, 0.1) is 11.7 Å². The van der Waals surface area contributed by atoms with Crippen molar-refractivity contribution >= 4 is 16.5 Å². The van der Waals surface area contributed by atoms with Crippen LogP contribution in [0.15, 0.2) is 23.1 Å². The van der Waals surface area contributed by atoms with Gasteiger partial charge in [-0.25, -0.2) is 4.39 Å². The molecule has 4 heteroatoms. The van der Waals surface area contributed by atoms with E-state index >= 15 is 0 Å². The molecule has 0 aliphatic heterocycles. The lowest BCUT2D eigenvalue weighted by molar-refractivity contribution is 0.604. The fourth-order valence-electron chi connectivity index (χ4n) is 2.21. The first-order valence-corrected chi connectivity index (χ1v) is 6.92. The zero-order valence-electron chi connectivity index (χ0n) is 9.12. The number of hydrogen-bond acceptors (Lipinski definition) is 2. The summed E-state index contributed by atoms with van der Waals surface area (Å²) in [5.74, 6) is 0.833. The zero-order valence-corrected chi connectivity index (χ0v) is 9.93. The second-order valence-corrected chi connectivity index (χ2v) is 5.81. The van der Waals surface area contributed by atoms with Crippen LogP contribution < -0.4 is 5.73 Å². The third-order valence-electron chi connectivity index (χ3n) is 3.08. The van der Waals surface area contributed by atoms with E-state index in [0.29, 0.717) is 22.3 Å². The number of anilines is 1. The zero-order chi connectivity index (χ0) is 11.5. The van der Waals surface area contributed by atoms with Gasteiger partial charge in [0.05, 0.1) is 21.4 Å². The third kappa shape index (κ3) is 2.61. The van der Waals surface area contributed by atoms with Crippen molar-refractivity contribution in [1.29, 1.82) is 0 Å². The van der Waals surface area contributed by atoms with E-state index < -0.39 is 10.8 Å². The Hall–Kier alpha value is -0.900. The van der Waals surface area contributed by atoms with Gasteiger partial charge in [-0.15, -0.1) is 0 Å². The normalized spacial score (nSPS) is 18.8. The van der Waals surface area contributed by atoms with Gasteiger partial charge in [-0.1, -0.05) is 12.8 Å². The van der Waals surface area contributed by atoms with Gasteiger partial charge >= 0.3 is 0 Å². The molecule has 16 heavy (non-hydrogen) atoms. The summed E-state index contributed by atoms with van der Waals surface area (Å²) in [4.78, 5) is 0.577. The molecule has 0 amide bonds. The van der Waals surface area contributed by atoms with E-state index in [0.717, 1.165) is 12.8 Å². The number of hydrogen-bond donors (Lipinski definition) is 1. The van der Waals surface area contributed by atoms with Crippen molar-refractivity contribution in [3.8, 4) is 0 Å². The fourth-order valence-corrected chi connectivity index (χ4v) is 3.69. The van der Waals surface area contributed by atoms with Crippen molar-refractivity contribution in [2.24, 2.45) is 5.92 Å². The first kappa shape index (κ1) is 11.6. The Morgan fingerprint density at radius 3 is 2.69 bits per heavy atom. The van der Waals surface area contributed by atoms with Gasteiger partial charge in [0, 0.05) is 5.75 Å². The van der Waals surface area contributed by atoms with E-state index in [-0.39, 0.29) is 5.82 Å². The molecule has 0 spiro atoms. The Kier molecular flexibility index (Phi) is 3.59. The van der Waals surface area contributed by atoms with Crippen molar-refractivity contribution in [1.82, 2.24) is 0 Å². The summed E-state index contributed by atoms with van der Waals surface area (Å²) < 4.78 is 24.9. The summed E-state index contributed by atoms with van der Waals surface area (Å²) in [7, 11) is -1.08. The van der Waals surface area contributed by atoms with Crippen LogP contribution >= 0.6 is 0 Å². The molecule has 0 radical (unpaired) electrons. The summed E-state index contributed by atoms with van der Waals surface area (Å²) in [6.45, 7) is 0. The topological polar surface area (TPSA) is 43.1 Å². The van der Waals surface area contributed by atoms with E-state index in [4.69, 9.17) is 5.73 Å². The first-order chi connectivity index (χ1) is 7.66. The number of nitrogen functional groups attached to an aromatic ring is 1. The molecule has 2 N–H and O–H groups in total. The van der Waals surface area contributed by atoms with Crippen LogP contribution in [0.4, 0.5) is 10.1 Å². The molecule has 1 saturated carbocycles. The van der Waals surface area contributed by atoms with Gasteiger partial charge in [-0.3, -0.25) is 4.21 Å². The van der Waals surface area contributed by atoms with Gasteiger partial charge in [0.2, 0.25) is 0 Å². The SMILES string of the molecule is Nc1cc(F)ccc1S(=O)CC1CCCC1. The van der Waals surface area contributed by atoms with E-state index in [1.54, 1.807) is 0 Å². The van der Waals surface area contributed by atoms with Gasteiger partial charge in [-0.05, 0) is 37.0 Å². The summed E-state index contributed by atoms with van der Waals surface area (Å²) in [6.07, 6.45) is 4.79. The first-order valence-electron chi connectivity index (χ1n) is 5.60. The summed E-state index contributed by atoms with van der Waals surface area (Å²) in [6, 6.07) is 4.09. The second-order valence-electron chi connectivity index (χ2n) is 4.34. The quantitative estimate of drug-likeness (QED) is 0.827. The van der Waals surface area contributed by atoms with Gasteiger partial charge in [0.25, 0.3) is 0 Å². The van der Waals surface area contributed by atoms with Gasteiger partial charge in [-0.2, -0.15) is 0 Å². The van der Waals surface area contributed by atoms with Crippen LogP contribution in [0.3, 0.4) is 0 Å². The summed E-state index contributed by atoms with van der Waals surface area (Å²) in [5.41, 5.74) is 5.97. The van der Waals surface area contributed by atoms with Crippen molar-refractivity contribution in [3.63, 3.8) is 0 Å². The standard InChI is InChI=1S/C12H16FNOS/c13-10-5-6-12(11(14)7-10)16(15)8-9-3-1-2-4-9/h5-7,9H,1-4,8,14H2. The predicted molar refractivity (Wildman–Crippen MR) is 64.0 cm³/mol. The van der Waals surface area contributed by atoms with Crippen LogP contribution in [0.2, 0.25) is 0 Å². The van der Waals surface area contributed by atoms with E-state index in [1.165, 1.54) is 31.0 Å². The molecule has 1 unspecified atom stereocenters. The molecule has 1 atom stereocenters. The highest BCUT2D eigenvalue weighted by molar-refractivity contribution is 7.85. The van der Waals surface area contributed by atoms with Crippen LogP contribution in [0.5, 0.6) is 0 Å². The molecule has 2 nitrogen and oxygen atoms in total. The van der Waals surface area contributed by atoms with Crippen LogP contribution in [0.1, 0.15) is 25.7 Å². The minimum atomic E-state index is -1.08. The Labute approximate surface area is 97.5 Å². The molecule has 1 aliphatic rings. The second kappa shape index (κ2) is 4.95. The van der Waals surface area contributed by atoms with Crippen molar-refractivity contribution in [2.75, 3.05) is 11.5 Å². The maximum Gasteiger partial charge on any atom is 0.125 e. The average Bonchev–Trinajstić information content (AvgIpc) is 2.70. The molecule has 0 bridgehead atoms. The van der Waals surface area contributed by atoms with E-state index in [9.17, 15) is 8.60 Å². The predicted octanol–water partition coefficient (Wildman–Crippen LogP) is 2.71. The number of rotatable bonds is 3. The number of halogens is 1. The highest BCUT2D eigenvalue weighted by Gasteiger charge is 2.19. The van der Waals surface area contributed by atoms with Crippen LogP contribution in [-0.2, 0) is 10.8 Å². The fraction of sp³-hybridized carbons (Fsp3) is 0.500. The van der Waals surface area contributed by atoms with E-state index in [2.05, 4.69) is 0 Å². The molecule has 1 fully saturated rings. The third-order valence-corrected chi connectivity index (χ3v) is 4.72. The minimum absolute atomic E-state index is 0.302. The van der Waals surface area contributed by atoms with Gasteiger partial charge in [0.1, 0.15) is 5.82 Å². The van der Waals surface area contributed by atoms with Crippen LogP contribution in [-0.4, -0.2) is 9.96 Å². The van der Waals surface area contributed by atoms with E-state index in [1.807, 2.05) is 0 Å². The lowest BCUT2D eigenvalue weighted by atomic mass is 10.1. The summed E-state index contributed by atoms with van der Waals surface area (Å²) in [5, 5.41) is 0. The number of nitrogens with two attached hydrogens (primary N) is 1. The molecule has 2 rings (SSSR count). The molecule has 1 aliphatic carbocycles. The highest BCUT2D eigenvalue weighted by atomic mass is 32.2. The molecular formula is C12H16FNOS. The average molecular weight is 241 g/mol. The lowest BCUT2D eigenvalue weighted by Crippen LogP contribution is -2.09. The maximum absolute atomic E-state index is 12.8. The smallest absolute Gasteiger partial charge is 0.125 e. The monoisotopic (exact) mass is 241 g/mol. The van der Waals surface area contributed by atoms with Crippen molar-refractivity contribution < 1.29 is 8.60 Å². The largest absolute Gasteiger partial charge is 0.398 e. The molecule has 1 aromatic rings. The van der Waals surface area contributed by atoms with Crippen LogP contribution in [0.25, 0.3) is 0 Å². The molecule has 0 saturated heterocycles. The number of benzene rings is 1.